The highest BCUT2D eigenvalue weighted by Crippen LogP contribution is 2.34. The lowest BCUT2D eigenvalue weighted by Gasteiger charge is -2.17. The van der Waals surface area contributed by atoms with Gasteiger partial charge < -0.3 is 18.7 Å². The molecule has 0 aliphatic heterocycles. The van der Waals surface area contributed by atoms with Crippen LogP contribution in [-0.4, -0.2) is 31.4 Å². The molecule has 4 rings (SSSR count). The van der Waals surface area contributed by atoms with Crippen LogP contribution >= 0.6 is 0 Å². The van der Waals surface area contributed by atoms with Crippen LogP contribution in [0.15, 0.2) is 77.3 Å². The van der Waals surface area contributed by atoms with Crippen LogP contribution in [0.25, 0.3) is 22.5 Å². The molecule has 0 spiro atoms. The smallest absolute Gasteiger partial charge is 0.416 e. The minimum atomic E-state index is -4.41. The maximum absolute atomic E-state index is 13.0. The van der Waals surface area contributed by atoms with Crippen molar-refractivity contribution in [3.63, 3.8) is 0 Å². The monoisotopic (exact) mass is 567 g/mol. The van der Waals surface area contributed by atoms with Gasteiger partial charge in [-0.1, -0.05) is 65.8 Å². The van der Waals surface area contributed by atoms with Gasteiger partial charge in [-0.05, 0) is 54.7 Å². The number of rotatable bonds is 12. The summed E-state index contributed by atoms with van der Waals surface area (Å²) in [6.45, 7) is 4.08. The molecule has 0 aliphatic rings. The van der Waals surface area contributed by atoms with Crippen molar-refractivity contribution in [1.82, 2.24) is 5.16 Å². The van der Waals surface area contributed by atoms with Crippen LogP contribution in [0, 0.1) is 6.92 Å². The van der Waals surface area contributed by atoms with Crippen molar-refractivity contribution in [3.8, 4) is 22.5 Å². The molecule has 0 saturated carbocycles. The van der Waals surface area contributed by atoms with Crippen LogP contribution in [0.4, 0.5) is 13.2 Å². The molecule has 0 bridgehead atoms. The third-order valence-corrected chi connectivity index (χ3v) is 6.66. The maximum Gasteiger partial charge on any atom is 0.416 e. The zero-order chi connectivity index (χ0) is 29.4. The Kier molecular flexibility index (Phi) is 9.96. The van der Waals surface area contributed by atoms with Gasteiger partial charge in [-0.25, -0.2) is 0 Å². The number of benzene rings is 3. The van der Waals surface area contributed by atoms with E-state index in [1.165, 1.54) is 13.2 Å². The van der Waals surface area contributed by atoms with Gasteiger partial charge in [0.05, 0.1) is 36.6 Å². The number of aryl methyl sites for hydroxylation is 2. The number of hydrogen-bond donors (Lipinski definition) is 0. The van der Waals surface area contributed by atoms with E-state index in [4.69, 9.17) is 18.7 Å². The van der Waals surface area contributed by atoms with Crippen molar-refractivity contribution in [1.29, 1.82) is 0 Å². The van der Waals surface area contributed by atoms with Crippen LogP contribution in [0.1, 0.15) is 47.4 Å². The Balaban J connectivity index is 1.42. The number of esters is 1. The lowest BCUT2D eigenvalue weighted by molar-refractivity contribution is -0.143. The minimum Gasteiger partial charge on any atom is -0.466 e. The average Bonchev–Trinajstić information content (AvgIpc) is 3.35. The SMILES string of the molecule is CCOC(=O)CCc1ccc(-c2ccc(-c3onc(C)c3C(COCc3cccc(C(F)(F)F)c3)OC)cc2)cc1. The molecule has 0 saturated heterocycles. The molecule has 3 aromatic carbocycles. The highest BCUT2D eigenvalue weighted by molar-refractivity contribution is 5.71. The van der Waals surface area contributed by atoms with Crippen molar-refractivity contribution in [3.05, 3.63) is 101 Å². The molecule has 216 valence electrons. The normalized spacial score (nSPS) is 12.3. The lowest BCUT2D eigenvalue weighted by atomic mass is 9.98. The molecule has 4 aromatic rings. The Morgan fingerprint density at radius 3 is 2.24 bits per heavy atom. The third-order valence-electron chi connectivity index (χ3n) is 6.66. The van der Waals surface area contributed by atoms with Crippen LogP contribution in [-0.2, 0) is 38.2 Å². The molecule has 1 atom stereocenters. The van der Waals surface area contributed by atoms with Gasteiger partial charge in [0.25, 0.3) is 0 Å². The van der Waals surface area contributed by atoms with Crippen molar-refractivity contribution >= 4 is 5.97 Å². The predicted octanol–water partition coefficient (Wildman–Crippen LogP) is 7.74. The van der Waals surface area contributed by atoms with E-state index in [2.05, 4.69) is 5.16 Å². The topological polar surface area (TPSA) is 70.8 Å². The first-order valence-electron chi connectivity index (χ1n) is 13.3. The first kappa shape index (κ1) is 30.0. The van der Waals surface area contributed by atoms with E-state index < -0.39 is 17.8 Å². The molecule has 6 nitrogen and oxygen atoms in total. The van der Waals surface area contributed by atoms with E-state index in [-0.39, 0.29) is 19.2 Å². The second kappa shape index (κ2) is 13.6. The van der Waals surface area contributed by atoms with Crippen LogP contribution in [0.5, 0.6) is 0 Å². The number of hydrogen-bond acceptors (Lipinski definition) is 6. The summed E-state index contributed by atoms with van der Waals surface area (Å²) in [6, 6.07) is 20.9. The molecule has 1 unspecified atom stereocenters. The second-order valence-corrected chi connectivity index (χ2v) is 9.53. The molecule has 0 radical (unpaired) electrons. The van der Waals surface area contributed by atoms with Crippen LogP contribution < -0.4 is 0 Å². The second-order valence-electron chi connectivity index (χ2n) is 9.53. The molecule has 0 N–H and O–H groups in total. The number of nitrogens with zero attached hydrogens (tertiary/aromatic N) is 1. The molecular weight excluding hydrogens is 535 g/mol. The zero-order valence-electron chi connectivity index (χ0n) is 23.2. The number of ether oxygens (including phenoxy) is 3. The fourth-order valence-electron chi connectivity index (χ4n) is 4.51. The Bertz CT molecular complexity index is 1430. The number of methoxy groups -OCH3 is 1. The fraction of sp³-hybridized carbons (Fsp3) is 0.312. The van der Waals surface area contributed by atoms with Crippen LogP contribution in [0.2, 0.25) is 0 Å². The standard InChI is InChI=1S/C32H32F3NO5/c1-4-40-29(37)17-10-22-8-11-24(12-9-22)25-13-15-26(16-14-25)31-30(21(2)36-41-31)28(38-3)20-39-19-23-6-5-7-27(18-23)32(33,34)35/h5-9,11-16,18,28H,4,10,17,19-20H2,1-3H3. The van der Waals surface area contributed by atoms with E-state index in [9.17, 15) is 18.0 Å². The first-order chi connectivity index (χ1) is 19.7. The number of aromatic nitrogens is 1. The van der Waals surface area contributed by atoms with Gasteiger partial charge in [0, 0.05) is 19.1 Å². The van der Waals surface area contributed by atoms with Crippen molar-refractivity contribution < 1.29 is 36.7 Å². The Morgan fingerprint density at radius 1 is 0.951 bits per heavy atom. The summed E-state index contributed by atoms with van der Waals surface area (Å²) in [5.74, 6) is 0.338. The summed E-state index contributed by atoms with van der Waals surface area (Å²) >= 11 is 0. The molecule has 41 heavy (non-hydrogen) atoms. The fourth-order valence-corrected chi connectivity index (χ4v) is 4.51. The van der Waals surface area contributed by atoms with E-state index in [1.807, 2.05) is 48.5 Å². The Hall–Kier alpha value is -3.95. The number of halogens is 3. The average molecular weight is 568 g/mol. The molecule has 0 aliphatic carbocycles. The molecule has 0 fully saturated rings. The molecule has 0 amide bonds. The highest BCUT2D eigenvalue weighted by atomic mass is 19.4. The summed E-state index contributed by atoms with van der Waals surface area (Å²) in [6.07, 6.45) is -3.98. The van der Waals surface area contributed by atoms with Crippen molar-refractivity contribution in [2.24, 2.45) is 0 Å². The predicted molar refractivity (Wildman–Crippen MR) is 148 cm³/mol. The van der Waals surface area contributed by atoms with Gasteiger partial charge in [-0.2, -0.15) is 13.2 Å². The summed E-state index contributed by atoms with van der Waals surface area (Å²) in [5.41, 5.74) is 4.95. The third kappa shape index (κ3) is 7.83. The van der Waals surface area contributed by atoms with Crippen molar-refractivity contribution in [2.75, 3.05) is 20.3 Å². The van der Waals surface area contributed by atoms with Crippen molar-refractivity contribution in [2.45, 2.75) is 45.6 Å². The Labute approximate surface area is 237 Å². The lowest BCUT2D eigenvalue weighted by Crippen LogP contribution is -2.12. The van der Waals surface area contributed by atoms with E-state index in [0.717, 1.165) is 39.9 Å². The van der Waals surface area contributed by atoms with E-state index in [0.29, 0.717) is 36.5 Å². The van der Waals surface area contributed by atoms with Gasteiger partial charge in [0.1, 0.15) is 6.10 Å². The van der Waals surface area contributed by atoms with Gasteiger partial charge >= 0.3 is 12.1 Å². The van der Waals surface area contributed by atoms with Gasteiger partial charge in [0.15, 0.2) is 5.76 Å². The van der Waals surface area contributed by atoms with Gasteiger partial charge in [-0.15, -0.1) is 0 Å². The molecule has 1 heterocycles. The molecular formula is C32H32F3NO5. The molecule has 9 heteroatoms. The Morgan fingerprint density at radius 2 is 1.61 bits per heavy atom. The van der Waals surface area contributed by atoms with E-state index in [1.54, 1.807) is 19.9 Å². The number of carbonyl (C=O) groups excluding carboxylic acids is 1. The zero-order valence-corrected chi connectivity index (χ0v) is 23.2. The first-order valence-corrected chi connectivity index (χ1v) is 13.3. The molecule has 1 aromatic heterocycles. The maximum atomic E-state index is 13.0. The summed E-state index contributed by atoms with van der Waals surface area (Å²) < 4.78 is 61.2. The van der Waals surface area contributed by atoms with Gasteiger partial charge in [-0.3, -0.25) is 4.79 Å². The summed E-state index contributed by atoms with van der Waals surface area (Å²) in [5, 5.41) is 4.13. The highest BCUT2D eigenvalue weighted by Gasteiger charge is 2.30. The summed E-state index contributed by atoms with van der Waals surface area (Å²) in [7, 11) is 1.54. The van der Waals surface area contributed by atoms with Crippen LogP contribution in [0.3, 0.4) is 0 Å². The summed E-state index contributed by atoms with van der Waals surface area (Å²) in [4.78, 5) is 11.6. The quantitative estimate of drug-likeness (QED) is 0.163. The van der Waals surface area contributed by atoms with Gasteiger partial charge in [0.2, 0.25) is 0 Å². The number of alkyl halides is 3. The van der Waals surface area contributed by atoms with E-state index >= 15 is 0 Å². The number of carbonyl (C=O) groups is 1. The largest absolute Gasteiger partial charge is 0.466 e. The minimum absolute atomic E-state index is 0.000245.